The lowest BCUT2D eigenvalue weighted by molar-refractivity contribution is -0.146. The summed E-state index contributed by atoms with van der Waals surface area (Å²) in [5.41, 5.74) is 2.78. The summed E-state index contributed by atoms with van der Waals surface area (Å²) in [5, 5.41) is 0. The Morgan fingerprint density at radius 3 is 2.53 bits per heavy atom. The zero-order chi connectivity index (χ0) is 25.1. The van der Waals surface area contributed by atoms with Gasteiger partial charge >= 0.3 is 0 Å². The number of halogens is 1. The van der Waals surface area contributed by atoms with Crippen molar-refractivity contribution in [2.75, 3.05) is 39.2 Å². The number of amides is 2. The molecule has 0 saturated carbocycles. The summed E-state index contributed by atoms with van der Waals surface area (Å²) < 4.78 is 7.37. The molecule has 0 radical (unpaired) electrons. The highest BCUT2D eigenvalue weighted by Gasteiger charge is 2.33. The first-order valence-electron chi connectivity index (χ1n) is 12.0. The number of nitrogens with zero attached hydrogens (tertiary/aromatic N) is 3. The van der Waals surface area contributed by atoms with Crippen LogP contribution in [0.2, 0.25) is 0 Å². The number of aryl methyl sites for hydroxylation is 1. The van der Waals surface area contributed by atoms with Crippen molar-refractivity contribution in [2.45, 2.75) is 53.6 Å². The second-order valence-corrected chi connectivity index (χ2v) is 9.79. The molecule has 6 nitrogen and oxygen atoms in total. The van der Waals surface area contributed by atoms with Gasteiger partial charge in [-0.2, -0.15) is 0 Å². The molecule has 0 bridgehead atoms. The zero-order valence-corrected chi connectivity index (χ0v) is 22.1. The van der Waals surface area contributed by atoms with Gasteiger partial charge in [-0.1, -0.05) is 43.2 Å². The Kier molecular flexibility index (Phi) is 11.1. The van der Waals surface area contributed by atoms with Crippen LogP contribution in [0.1, 0.15) is 50.4 Å². The third kappa shape index (κ3) is 8.17. The lowest BCUT2D eigenvalue weighted by Crippen LogP contribution is -2.49. The van der Waals surface area contributed by atoms with Crippen molar-refractivity contribution in [1.29, 1.82) is 0 Å². The van der Waals surface area contributed by atoms with E-state index < -0.39 is 5.41 Å². The van der Waals surface area contributed by atoms with E-state index in [2.05, 4.69) is 54.9 Å². The number of carbonyl (C=O) groups excluding carboxylic acids is 2. The molecule has 0 aliphatic rings. The minimum absolute atomic E-state index is 0.0187. The van der Waals surface area contributed by atoms with E-state index in [4.69, 9.17) is 16.3 Å². The Morgan fingerprint density at radius 1 is 1.12 bits per heavy atom. The number of rotatable bonds is 14. The maximum Gasteiger partial charge on any atom is 0.242 e. The molecule has 0 aliphatic heterocycles. The van der Waals surface area contributed by atoms with E-state index in [0.29, 0.717) is 26.2 Å². The first-order valence-corrected chi connectivity index (χ1v) is 12.6. The molecule has 0 fully saturated rings. The fourth-order valence-corrected chi connectivity index (χ4v) is 3.91. The van der Waals surface area contributed by atoms with Crippen LogP contribution in [-0.2, 0) is 27.4 Å². The number of ether oxygens (including phenoxy) is 1. The highest BCUT2D eigenvalue weighted by atomic mass is 35.5. The average molecular weight is 490 g/mol. The molecule has 0 saturated heterocycles. The fourth-order valence-electron chi connectivity index (χ4n) is 3.79. The van der Waals surface area contributed by atoms with Crippen molar-refractivity contribution < 1.29 is 14.3 Å². The molecule has 7 heteroatoms. The van der Waals surface area contributed by atoms with Crippen LogP contribution in [0.25, 0.3) is 0 Å². The third-order valence-electron chi connectivity index (χ3n) is 5.94. The smallest absolute Gasteiger partial charge is 0.242 e. The largest absolute Gasteiger partial charge is 0.383 e. The molecule has 2 rings (SSSR count). The number of carbonyl (C=O) groups is 2. The van der Waals surface area contributed by atoms with Gasteiger partial charge in [0, 0.05) is 44.5 Å². The monoisotopic (exact) mass is 489 g/mol. The minimum Gasteiger partial charge on any atom is -0.383 e. The highest BCUT2D eigenvalue weighted by Crippen LogP contribution is 2.21. The molecular formula is C27H40ClN3O3. The summed E-state index contributed by atoms with van der Waals surface area (Å²) in [6.07, 6.45) is 3.95. The van der Waals surface area contributed by atoms with Crippen molar-refractivity contribution in [3.63, 3.8) is 0 Å². The van der Waals surface area contributed by atoms with Gasteiger partial charge in [-0.25, -0.2) is 0 Å². The molecule has 0 aliphatic carbocycles. The van der Waals surface area contributed by atoms with Gasteiger partial charge in [-0.05, 0) is 44.9 Å². The van der Waals surface area contributed by atoms with Crippen molar-refractivity contribution in [3.8, 4) is 0 Å². The summed E-state index contributed by atoms with van der Waals surface area (Å²) >= 11 is 6.05. The lowest BCUT2D eigenvalue weighted by atomic mass is 9.94. The molecule has 0 spiro atoms. The van der Waals surface area contributed by atoms with E-state index >= 15 is 0 Å². The van der Waals surface area contributed by atoms with Gasteiger partial charge in [-0.3, -0.25) is 9.59 Å². The first kappa shape index (κ1) is 27.9. The summed E-state index contributed by atoms with van der Waals surface area (Å²) in [5.74, 6) is -0.00652. The Hall–Kier alpha value is -2.31. The normalized spacial score (nSPS) is 11.5. The number of alkyl halides is 1. The number of unbranched alkanes of at least 4 members (excludes halogenated alkanes) is 1. The molecule has 188 valence electrons. The van der Waals surface area contributed by atoms with Crippen LogP contribution in [0, 0.1) is 12.3 Å². The summed E-state index contributed by atoms with van der Waals surface area (Å²) in [6.45, 7) is 10.5. The summed E-state index contributed by atoms with van der Waals surface area (Å²) in [4.78, 5) is 30.0. The number of hydrogen-bond donors (Lipinski definition) is 0. The number of aromatic nitrogens is 1. The molecule has 1 aromatic heterocycles. The molecular weight excluding hydrogens is 450 g/mol. The Bertz CT molecular complexity index is 925. The maximum atomic E-state index is 13.4. The first-order chi connectivity index (χ1) is 16.2. The van der Waals surface area contributed by atoms with Gasteiger partial charge in [0.05, 0.1) is 25.1 Å². The molecule has 2 aromatic rings. The van der Waals surface area contributed by atoms with Gasteiger partial charge in [0.1, 0.15) is 0 Å². The fraction of sp³-hybridized carbons (Fsp3) is 0.556. The molecule has 0 atom stereocenters. The lowest BCUT2D eigenvalue weighted by Gasteiger charge is -2.32. The van der Waals surface area contributed by atoms with Crippen molar-refractivity contribution in [2.24, 2.45) is 5.41 Å². The summed E-state index contributed by atoms with van der Waals surface area (Å²) in [7, 11) is 1.59. The molecule has 2 amide bonds. The Labute approximate surface area is 209 Å². The molecule has 34 heavy (non-hydrogen) atoms. The molecule has 1 aromatic carbocycles. The van der Waals surface area contributed by atoms with Crippen LogP contribution in [0.5, 0.6) is 0 Å². The summed E-state index contributed by atoms with van der Waals surface area (Å²) in [6, 6.07) is 12.5. The predicted molar refractivity (Wildman–Crippen MR) is 138 cm³/mol. The number of methoxy groups -OCH3 is 1. The SMILES string of the molecule is CCCCN(Cc1cccn1Cc1cccc(C)c1)C(=O)CN(CCOC)C(=O)C(C)(C)CCl. The van der Waals surface area contributed by atoms with Gasteiger partial charge in [0.2, 0.25) is 11.8 Å². The predicted octanol–water partition coefficient (Wildman–Crippen LogP) is 4.71. The van der Waals surface area contributed by atoms with Crippen molar-refractivity contribution in [1.82, 2.24) is 14.4 Å². The van der Waals surface area contributed by atoms with Crippen LogP contribution in [0.3, 0.4) is 0 Å². The second kappa shape index (κ2) is 13.5. The second-order valence-electron chi connectivity index (χ2n) is 9.52. The molecule has 0 unspecified atom stereocenters. The van der Waals surface area contributed by atoms with Crippen molar-refractivity contribution >= 4 is 23.4 Å². The van der Waals surface area contributed by atoms with Crippen molar-refractivity contribution in [3.05, 3.63) is 59.4 Å². The van der Waals surface area contributed by atoms with Gasteiger partial charge in [0.25, 0.3) is 0 Å². The molecule has 0 N–H and O–H groups in total. The maximum absolute atomic E-state index is 13.4. The van der Waals surface area contributed by atoms with E-state index in [9.17, 15) is 9.59 Å². The van der Waals surface area contributed by atoms with E-state index in [1.807, 2.05) is 11.0 Å². The van der Waals surface area contributed by atoms with Gasteiger partial charge in [0.15, 0.2) is 0 Å². The van der Waals surface area contributed by atoms with E-state index in [0.717, 1.165) is 25.1 Å². The topological polar surface area (TPSA) is 54.8 Å². The number of benzene rings is 1. The quantitative estimate of drug-likeness (QED) is 0.361. The molecule has 1 heterocycles. The highest BCUT2D eigenvalue weighted by molar-refractivity contribution is 6.19. The van der Waals surface area contributed by atoms with E-state index in [1.165, 1.54) is 11.1 Å². The van der Waals surface area contributed by atoms with Crippen LogP contribution in [0.4, 0.5) is 0 Å². The van der Waals surface area contributed by atoms with Crippen LogP contribution in [-0.4, -0.2) is 65.4 Å². The standard InChI is InChI=1S/C27H40ClN3O3/c1-6-7-13-30(25(32)20-31(15-16-34-5)26(33)27(3,4)21-28)19-24-12-9-14-29(24)18-23-11-8-10-22(2)17-23/h8-12,14,17H,6-7,13,15-16,18-21H2,1-5H3. The zero-order valence-electron chi connectivity index (χ0n) is 21.3. The van der Waals surface area contributed by atoms with Gasteiger partial charge < -0.3 is 19.1 Å². The van der Waals surface area contributed by atoms with Gasteiger partial charge in [-0.15, -0.1) is 11.6 Å². The van der Waals surface area contributed by atoms with Crippen LogP contribution in [0.15, 0.2) is 42.6 Å². The Morgan fingerprint density at radius 2 is 1.88 bits per heavy atom. The van der Waals surface area contributed by atoms with Crippen LogP contribution >= 0.6 is 11.6 Å². The average Bonchev–Trinajstić information content (AvgIpc) is 3.25. The number of hydrogen-bond acceptors (Lipinski definition) is 3. The minimum atomic E-state index is -0.744. The van der Waals surface area contributed by atoms with Crippen LogP contribution < -0.4 is 0 Å². The Balaban J connectivity index is 2.19. The van der Waals surface area contributed by atoms with E-state index in [1.54, 1.807) is 25.9 Å². The third-order valence-corrected chi connectivity index (χ3v) is 6.61. The van der Waals surface area contributed by atoms with E-state index in [-0.39, 0.29) is 24.2 Å².